The normalized spacial score (nSPS) is 13.6. The van der Waals surface area contributed by atoms with Crippen LogP contribution in [0.5, 0.6) is 0 Å². The maximum Gasteiger partial charge on any atom is 0.273 e. The highest BCUT2D eigenvalue weighted by atomic mass is 35.5. The molecule has 2 nitrogen and oxygen atoms in total. The zero-order chi connectivity index (χ0) is 13.2. The summed E-state index contributed by atoms with van der Waals surface area (Å²) in [6.45, 7) is 7.30. The summed E-state index contributed by atoms with van der Waals surface area (Å²) >= 11 is 6.54. The SMILES string of the molecule is CC(C)(C)C(Cl)c1[nH]cc[n+]1Cc1ccccc1. The van der Waals surface area contributed by atoms with Gasteiger partial charge in [0.25, 0.3) is 5.82 Å². The Morgan fingerprint density at radius 1 is 1.22 bits per heavy atom. The van der Waals surface area contributed by atoms with Gasteiger partial charge in [-0.25, -0.2) is 9.55 Å². The van der Waals surface area contributed by atoms with Crippen LogP contribution >= 0.6 is 11.6 Å². The van der Waals surface area contributed by atoms with E-state index in [0.29, 0.717) is 0 Å². The number of alkyl halides is 1. The average Bonchev–Trinajstić information content (AvgIpc) is 2.76. The summed E-state index contributed by atoms with van der Waals surface area (Å²) in [5.74, 6) is 1.06. The molecule has 2 rings (SSSR count). The molecule has 1 atom stereocenters. The van der Waals surface area contributed by atoms with Crippen molar-refractivity contribution in [2.45, 2.75) is 32.7 Å². The summed E-state index contributed by atoms with van der Waals surface area (Å²) in [6, 6.07) is 10.4. The Morgan fingerprint density at radius 2 is 1.89 bits per heavy atom. The molecule has 0 amide bonds. The molecule has 0 aliphatic heterocycles. The first kappa shape index (κ1) is 13.2. The van der Waals surface area contributed by atoms with E-state index in [1.165, 1.54) is 5.56 Å². The van der Waals surface area contributed by atoms with Crippen LogP contribution in [0.4, 0.5) is 0 Å². The van der Waals surface area contributed by atoms with Crippen LogP contribution in [-0.2, 0) is 6.54 Å². The monoisotopic (exact) mass is 263 g/mol. The summed E-state index contributed by atoms with van der Waals surface area (Å²) in [6.07, 6.45) is 3.99. The number of nitrogens with one attached hydrogen (secondary N) is 1. The number of H-pyrrole nitrogens is 1. The largest absolute Gasteiger partial charge is 0.273 e. The summed E-state index contributed by atoms with van der Waals surface area (Å²) in [5, 5.41) is -0.0313. The van der Waals surface area contributed by atoms with Crippen LogP contribution < -0.4 is 4.57 Å². The van der Waals surface area contributed by atoms with Gasteiger partial charge in [0.15, 0.2) is 0 Å². The van der Waals surface area contributed by atoms with Crippen molar-refractivity contribution in [3.8, 4) is 0 Å². The van der Waals surface area contributed by atoms with Gasteiger partial charge in [-0.1, -0.05) is 51.1 Å². The van der Waals surface area contributed by atoms with E-state index in [9.17, 15) is 0 Å². The Bertz CT molecular complexity index is 497. The van der Waals surface area contributed by atoms with Crippen molar-refractivity contribution in [3.05, 3.63) is 54.1 Å². The van der Waals surface area contributed by atoms with Crippen LogP contribution in [0.2, 0.25) is 0 Å². The maximum atomic E-state index is 6.54. The third kappa shape index (κ3) is 2.94. The molecular weight excluding hydrogens is 244 g/mol. The molecule has 0 aliphatic carbocycles. The van der Waals surface area contributed by atoms with E-state index in [-0.39, 0.29) is 10.8 Å². The quantitative estimate of drug-likeness (QED) is 0.644. The predicted molar refractivity (Wildman–Crippen MR) is 74.6 cm³/mol. The standard InChI is InChI=1S/C15H19ClN2/c1-15(2,3)13(16)14-17-9-10-18(14)11-12-7-5-4-6-8-12/h4-10,13H,11H2,1-3H3/p+1. The van der Waals surface area contributed by atoms with Crippen molar-refractivity contribution < 1.29 is 4.57 Å². The molecule has 0 fully saturated rings. The number of rotatable bonds is 3. The Morgan fingerprint density at radius 3 is 2.50 bits per heavy atom. The fourth-order valence-electron chi connectivity index (χ4n) is 1.92. The van der Waals surface area contributed by atoms with Crippen molar-refractivity contribution in [2.24, 2.45) is 5.41 Å². The topological polar surface area (TPSA) is 19.7 Å². The molecule has 2 aromatic rings. The molecule has 0 saturated heterocycles. The molecule has 0 saturated carbocycles. The van der Waals surface area contributed by atoms with Crippen molar-refractivity contribution in [2.75, 3.05) is 0 Å². The first-order chi connectivity index (χ1) is 8.48. The molecule has 1 N–H and O–H groups in total. The minimum absolute atomic E-state index is 0.0313. The second kappa shape index (κ2) is 5.15. The van der Waals surface area contributed by atoms with Gasteiger partial charge in [0.1, 0.15) is 24.3 Å². The van der Waals surface area contributed by atoms with Crippen molar-refractivity contribution >= 4 is 11.6 Å². The van der Waals surface area contributed by atoms with Crippen LogP contribution in [0.1, 0.15) is 37.5 Å². The van der Waals surface area contributed by atoms with E-state index in [1.54, 1.807) is 0 Å². The molecule has 0 radical (unpaired) electrons. The fraction of sp³-hybridized carbons (Fsp3) is 0.400. The van der Waals surface area contributed by atoms with E-state index in [2.05, 4.69) is 54.6 Å². The van der Waals surface area contributed by atoms with Crippen molar-refractivity contribution in [3.63, 3.8) is 0 Å². The Balaban J connectivity index is 2.24. The van der Waals surface area contributed by atoms with Crippen LogP contribution in [-0.4, -0.2) is 4.98 Å². The number of benzene rings is 1. The third-order valence-corrected chi connectivity index (χ3v) is 3.85. The summed E-state index contributed by atoms with van der Waals surface area (Å²) in [7, 11) is 0. The number of hydrogen-bond donors (Lipinski definition) is 1. The van der Waals surface area contributed by atoms with E-state index in [4.69, 9.17) is 11.6 Å². The highest BCUT2D eigenvalue weighted by Crippen LogP contribution is 2.35. The smallest absolute Gasteiger partial charge is 0.246 e. The molecular formula is C15H20ClN2+. The zero-order valence-corrected chi connectivity index (χ0v) is 11.9. The van der Waals surface area contributed by atoms with Gasteiger partial charge >= 0.3 is 0 Å². The first-order valence-electron chi connectivity index (χ1n) is 6.23. The highest BCUT2D eigenvalue weighted by Gasteiger charge is 2.32. The van der Waals surface area contributed by atoms with Gasteiger partial charge in [-0.15, -0.1) is 11.6 Å². The molecule has 96 valence electrons. The number of hydrogen-bond acceptors (Lipinski definition) is 0. The molecule has 1 aromatic heterocycles. The first-order valence-corrected chi connectivity index (χ1v) is 6.67. The lowest BCUT2D eigenvalue weighted by Crippen LogP contribution is -2.39. The summed E-state index contributed by atoms with van der Waals surface area (Å²) < 4.78 is 2.18. The lowest BCUT2D eigenvalue weighted by molar-refractivity contribution is -0.695. The van der Waals surface area contributed by atoms with Crippen LogP contribution in [0.25, 0.3) is 0 Å². The molecule has 1 aromatic carbocycles. The number of aromatic nitrogens is 2. The van der Waals surface area contributed by atoms with E-state index < -0.39 is 0 Å². The molecule has 1 heterocycles. The Hall–Kier alpha value is -1.28. The van der Waals surface area contributed by atoms with Crippen LogP contribution in [0, 0.1) is 5.41 Å². The summed E-state index contributed by atoms with van der Waals surface area (Å²) in [4.78, 5) is 3.26. The second-order valence-electron chi connectivity index (χ2n) is 5.69. The fourth-order valence-corrected chi connectivity index (χ4v) is 2.11. The van der Waals surface area contributed by atoms with Gasteiger partial charge < -0.3 is 0 Å². The lowest BCUT2D eigenvalue weighted by Gasteiger charge is -2.21. The number of aromatic amines is 1. The average molecular weight is 264 g/mol. The predicted octanol–water partition coefficient (Wildman–Crippen LogP) is 3.68. The molecule has 3 heteroatoms. The van der Waals surface area contributed by atoms with Crippen molar-refractivity contribution in [1.29, 1.82) is 0 Å². The second-order valence-corrected chi connectivity index (χ2v) is 6.12. The zero-order valence-electron chi connectivity index (χ0n) is 11.2. The van der Waals surface area contributed by atoms with E-state index in [1.807, 2.05) is 18.5 Å². The molecule has 0 aliphatic rings. The minimum atomic E-state index is -0.0313. The summed E-state index contributed by atoms with van der Waals surface area (Å²) in [5.41, 5.74) is 1.31. The van der Waals surface area contributed by atoms with Gasteiger partial charge in [-0.05, 0) is 11.0 Å². The lowest BCUT2D eigenvalue weighted by atomic mass is 9.91. The molecule has 1 unspecified atom stereocenters. The third-order valence-electron chi connectivity index (χ3n) is 2.99. The molecule has 0 bridgehead atoms. The minimum Gasteiger partial charge on any atom is -0.246 e. The number of imidazole rings is 1. The Labute approximate surface area is 114 Å². The molecule has 18 heavy (non-hydrogen) atoms. The van der Waals surface area contributed by atoms with E-state index >= 15 is 0 Å². The number of nitrogens with zero attached hydrogens (tertiary/aromatic N) is 1. The van der Waals surface area contributed by atoms with Crippen LogP contribution in [0.3, 0.4) is 0 Å². The highest BCUT2D eigenvalue weighted by molar-refractivity contribution is 6.20. The number of halogens is 1. The van der Waals surface area contributed by atoms with Gasteiger partial charge in [0.2, 0.25) is 0 Å². The van der Waals surface area contributed by atoms with Crippen LogP contribution in [0.15, 0.2) is 42.7 Å². The van der Waals surface area contributed by atoms with E-state index in [0.717, 1.165) is 12.4 Å². The van der Waals surface area contributed by atoms with Gasteiger partial charge in [0, 0.05) is 0 Å². The maximum absolute atomic E-state index is 6.54. The van der Waals surface area contributed by atoms with Gasteiger partial charge in [0.05, 0.1) is 0 Å². The molecule has 0 spiro atoms. The van der Waals surface area contributed by atoms with Gasteiger partial charge in [-0.2, -0.15) is 0 Å². The Kier molecular flexibility index (Phi) is 3.76. The van der Waals surface area contributed by atoms with Crippen molar-refractivity contribution in [1.82, 2.24) is 4.98 Å². The van der Waals surface area contributed by atoms with Gasteiger partial charge in [-0.3, -0.25) is 0 Å².